The number of carboxylic acids is 1. The molecule has 1 rings (SSSR count). The Morgan fingerprint density at radius 1 is 1.47 bits per heavy atom. The Morgan fingerprint density at radius 2 is 2.16 bits per heavy atom. The van der Waals surface area contributed by atoms with Gasteiger partial charge in [0.15, 0.2) is 6.04 Å². The lowest BCUT2D eigenvalue weighted by Gasteiger charge is -2.17. The lowest BCUT2D eigenvalue weighted by atomic mass is 9.97. The molecule has 19 heavy (non-hydrogen) atoms. The summed E-state index contributed by atoms with van der Waals surface area (Å²) in [4.78, 5) is 22.7. The molecular formula is C14H17NO4. The number of carbonyl (C=O) groups is 2. The molecule has 1 aromatic rings. The topological polar surface area (TPSA) is 75.6 Å². The van der Waals surface area contributed by atoms with Gasteiger partial charge in [-0.1, -0.05) is 30.9 Å². The van der Waals surface area contributed by atoms with E-state index in [1.54, 1.807) is 12.1 Å². The summed E-state index contributed by atoms with van der Waals surface area (Å²) in [5, 5.41) is 11.6. The van der Waals surface area contributed by atoms with E-state index in [-0.39, 0.29) is 6.61 Å². The smallest absolute Gasteiger partial charge is 0.408 e. The third-order valence-electron chi connectivity index (χ3n) is 2.80. The number of ether oxygens (including phenoxy) is 1. The van der Waals surface area contributed by atoms with Gasteiger partial charge in [0.05, 0.1) is 0 Å². The number of aliphatic carboxylic acids is 1. The fourth-order valence-corrected chi connectivity index (χ4v) is 1.65. The van der Waals surface area contributed by atoms with Gasteiger partial charge < -0.3 is 15.2 Å². The fraction of sp³-hybridized carbons (Fsp3) is 0.286. The molecule has 0 heterocycles. The van der Waals surface area contributed by atoms with Crippen molar-refractivity contribution in [3.63, 3.8) is 0 Å². The minimum Gasteiger partial charge on any atom is -0.479 e. The number of rotatable bonds is 5. The van der Waals surface area contributed by atoms with Gasteiger partial charge in [-0.15, -0.1) is 0 Å². The minimum atomic E-state index is -1.13. The zero-order chi connectivity index (χ0) is 14.4. The molecule has 0 fully saturated rings. The normalized spacial score (nSPS) is 11.5. The van der Waals surface area contributed by atoms with E-state index in [0.717, 1.165) is 11.1 Å². The van der Waals surface area contributed by atoms with Gasteiger partial charge >= 0.3 is 12.1 Å². The first-order valence-electron chi connectivity index (χ1n) is 5.80. The molecule has 1 aromatic carbocycles. The predicted molar refractivity (Wildman–Crippen MR) is 71.0 cm³/mol. The van der Waals surface area contributed by atoms with Gasteiger partial charge in [0.2, 0.25) is 0 Å². The van der Waals surface area contributed by atoms with Crippen LogP contribution in [-0.4, -0.2) is 23.8 Å². The maximum Gasteiger partial charge on any atom is 0.408 e. The van der Waals surface area contributed by atoms with E-state index in [4.69, 9.17) is 4.74 Å². The highest BCUT2D eigenvalue weighted by atomic mass is 16.5. The van der Waals surface area contributed by atoms with E-state index in [1.165, 1.54) is 6.08 Å². The number of hydrogen-bond acceptors (Lipinski definition) is 3. The van der Waals surface area contributed by atoms with Crippen LogP contribution < -0.4 is 5.32 Å². The zero-order valence-corrected chi connectivity index (χ0v) is 11.0. The highest BCUT2D eigenvalue weighted by Crippen LogP contribution is 2.20. The molecule has 2 N–H and O–H groups in total. The van der Waals surface area contributed by atoms with Crippen molar-refractivity contribution in [3.8, 4) is 0 Å². The van der Waals surface area contributed by atoms with Gasteiger partial charge in [0.1, 0.15) is 6.61 Å². The van der Waals surface area contributed by atoms with E-state index < -0.39 is 18.1 Å². The van der Waals surface area contributed by atoms with Crippen molar-refractivity contribution in [2.24, 2.45) is 0 Å². The molecule has 0 saturated carbocycles. The first-order chi connectivity index (χ1) is 8.97. The number of carbonyl (C=O) groups excluding carboxylic acids is 1. The van der Waals surface area contributed by atoms with Crippen LogP contribution in [0.15, 0.2) is 30.9 Å². The van der Waals surface area contributed by atoms with E-state index in [9.17, 15) is 14.7 Å². The quantitative estimate of drug-likeness (QED) is 0.799. The van der Waals surface area contributed by atoms with Crippen LogP contribution in [0.25, 0.3) is 0 Å². The molecule has 0 aliphatic rings. The lowest BCUT2D eigenvalue weighted by Crippen LogP contribution is -2.34. The van der Waals surface area contributed by atoms with Gasteiger partial charge in [-0.2, -0.15) is 0 Å². The number of benzene rings is 1. The molecule has 0 spiro atoms. The van der Waals surface area contributed by atoms with Crippen LogP contribution in [0.1, 0.15) is 22.7 Å². The van der Waals surface area contributed by atoms with Gasteiger partial charge in [-0.25, -0.2) is 9.59 Å². The largest absolute Gasteiger partial charge is 0.479 e. The second kappa shape index (κ2) is 6.58. The highest BCUT2D eigenvalue weighted by Gasteiger charge is 2.24. The molecule has 0 aliphatic heterocycles. The Balaban J connectivity index is 2.95. The highest BCUT2D eigenvalue weighted by molar-refractivity contribution is 5.81. The summed E-state index contributed by atoms with van der Waals surface area (Å²) in [5.41, 5.74) is 2.34. The van der Waals surface area contributed by atoms with Crippen LogP contribution in [0, 0.1) is 13.8 Å². The van der Waals surface area contributed by atoms with E-state index in [2.05, 4.69) is 11.9 Å². The molecule has 0 radical (unpaired) electrons. The average Bonchev–Trinajstić information content (AvgIpc) is 2.37. The van der Waals surface area contributed by atoms with Gasteiger partial charge in [0.25, 0.3) is 0 Å². The second-order valence-corrected chi connectivity index (χ2v) is 4.09. The summed E-state index contributed by atoms with van der Waals surface area (Å²) in [7, 11) is 0. The van der Waals surface area contributed by atoms with Gasteiger partial charge in [-0.05, 0) is 30.5 Å². The van der Waals surface area contributed by atoms with Gasteiger partial charge in [-0.3, -0.25) is 0 Å². The number of alkyl carbamates (subject to hydrolysis) is 1. The van der Waals surface area contributed by atoms with Crippen molar-refractivity contribution in [1.82, 2.24) is 5.32 Å². The summed E-state index contributed by atoms with van der Waals surface area (Å²) in [6, 6.07) is 4.18. The van der Waals surface area contributed by atoms with E-state index in [0.29, 0.717) is 5.56 Å². The number of carboxylic acid groups (broad SMARTS) is 1. The summed E-state index contributed by atoms with van der Waals surface area (Å²) in [6.07, 6.45) is 0.626. The summed E-state index contributed by atoms with van der Waals surface area (Å²) in [5.74, 6) is -1.13. The average molecular weight is 263 g/mol. The van der Waals surface area contributed by atoms with Crippen molar-refractivity contribution in [3.05, 3.63) is 47.5 Å². The molecule has 5 heteroatoms. The Hall–Kier alpha value is -2.30. The maximum absolute atomic E-state index is 11.4. The number of hydrogen-bond donors (Lipinski definition) is 2. The molecule has 0 bridgehead atoms. The van der Waals surface area contributed by atoms with E-state index >= 15 is 0 Å². The third-order valence-corrected chi connectivity index (χ3v) is 2.80. The molecule has 1 amide bonds. The fourth-order valence-electron chi connectivity index (χ4n) is 1.65. The maximum atomic E-state index is 11.4. The molecule has 0 aliphatic carbocycles. The van der Waals surface area contributed by atoms with Crippen LogP contribution in [0.5, 0.6) is 0 Å². The Labute approximate surface area is 111 Å². The van der Waals surface area contributed by atoms with Crippen molar-refractivity contribution in [1.29, 1.82) is 0 Å². The molecule has 1 unspecified atom stereocenters. The van der Waals surface area contributed by atoms with E-state index in [1.807, 2.05) is 19.9 Å². The predicted octanol–water partition coefficient (Wildman–Crippen LogP) is 2.34. The first kappa shape index (κ1) is 14.8. The van der Waals surface area contributed by atoms with Crippen LogP contribution in [0.3, 0.4) is 0 Å². The molecule has 0 aromatic heterocycles. The Kier molecular flexibility index (Phi) is 5.11. The van der Waals surface area contributed by atoms with Crippen LogP contribution >= 0.6 is 0 Å². The number of nitrogens with one attached hydrogen (secondary N) is 1. The zero-order valence-electron chi connectivity index (χ0n) is 11.0. The number of aryl methyl sites for hydroxylation is 1. The Bertz CT molecular complexity index is 496. The van der Waals surface area contributed by atoms with Crippen LogP contribution in [0.2, 0.25) is 0 Å². The summed E-state index contributed by atoms with van der Waals surface area (Å²) >= 11 is 0. The monoisotopic (exact) mass is 263 g/mol. The van der Waals surface area contributed by atoms with Crippen molar-refractivity contribution >= 4 is 12.1 Å². The Morgan fingerprint density at radius 3 is 2.74 bits per heavy atom. The van der Waals surface area contributed by atoms with Gasteiger partial charge in [0, 0.05) is 0 Å². The third kappa shape index (κ3) is 3.84. The van der Waals surface area contributed by atoms with Crippen LogP contribution in [-0.2, 0) is 9.53 Å². The SMILES string of the molecule is C=CCOC(=O)NC(C(=O)O)c1cccc(C)c1C. The lowest BCUT2D eigenvalue weighted by molar-refractivity contribution is -0.139. The standard InChI is InChI=1S/C14H17NO4/c1-4-8-19-14(18)15-12(13(16)17)11-7-5-6-9(2)10(11)3/h4-7,12H,1,8H2,2-3H3,(H,15,18)(H,16,17). The minimum absolute atomic E-state index is 0.0327. The molecule has 5 nitrogen and oxygen atoms in total. The van der Waals surface area contributed by atoms with Crippen molar-refractivity contribution < 1.29 is 19.4 Å². The molecule has 0 saturated heterocycles. The summed E-state index contributed by atoms with van der Waals surface area (Å²) < 4.78 is 4.73. The number of amides is 1. The molecule has 1 atom stereocenters. The molecule has 102 valence electrons. The van der Waals surface area contributed by atoms with Crippen molar-refractivity contribution in [2.75, 3.05) is 6.61 Å². The molecular weight excluding hydrogens is 246 g/mol. The summed E-state index contributed by atoms with van der Waals surface area (Å²) in [6.45, 7) is 7.14. The van der Waals surface area contributed by atoms with Crippen LogP contribution in [0.4, 0.5) is 4.79 Å². The second-order valence-electron chi connectivity index (χ2n) is 4.09. The first-order valence-corrected chi connectivity index (χ1v) is 5.80. The van der Waals surface area contributed by atoms with Crippen molar-refractivity contribution in [2.45, 2.75) is 19.9 Å².